The van der Waals surface area contributed by atoms with E-state index in [0.717, 1.165) is 27.8 Å². The van der Waals surface area contributed by atoms with E-state index in [1.165, 1.54) is 0 Å². The molecule has 1 amide bonds. The number of rotatable bonds is 5. The molecule has 0 unspecified atom stereocenters. The highest BCUT2D eigenvalue weighted by Crippen LogP contribution is 2.36. The highest BCUT2D eigenvalue weighted by molar-refractivity contribution is 6.07. The van der Waals surface area contributed by atoms with E-state index in [1.54, 1.807) is 4.57 Å². The molecule has 0 fully saturated rings. The fourth-order valence-electron chi connectivity index (χ4n) is 4.34. The Kier molecular flexibility index (Phi) is 6.16. The molecule has 3 aromatic rings. The Morgan fingerprint density at radius 3 is 2.53 bits per heavy atom. The van der Waals surface area contributed by atoms with Gasteiger partial charge >= 0.3 is 6.09 Å². The Bertz CT molecular complexity index is 1270. The largest absolute Gasteiger partial charge is 0.491 e. The van der Waals surface area contributed by atoms with E-state index in [9.17, 15) is 9.59 Å². The topological polar surface area (TPSA) is 72.8 Å². The Morgan fingerprint density at radius 2 is 1.88 bits per heavy atom. The first-order valence-corrected chi connectivity index (χ1v) is 11.6. The molecular formula is C27H33N3O4. The van der Waals surface area contributed by atoms with Crippen molar-refractivity contribution < 1.29 is 19.1 Å². The van der Waals surface area contributed by atoms with Gasteiger partial charge in [-0.3, -0.25) is 4.79 Å². The molecule has 0 bridgehead atoms. The van der Waals surface area contributed by atoms with Gasteiger partial charge in [-0.05, 0) is 90.2 Å². The summed E-state index contributed by atoms with van der Waals surface area (Å²) in [6, 6.07) is 11.6. The number of carbonyl (C=O) groups excluding carboxylic acids is 2. The predicted octanol–water partition coefficient (Wildman–Crippen LogP) is 5.18. The molecule has 0 saturated carbocycles. The van der Waals surface area contributed by atoms with E-state index in [4.69, 9.17) is 9.47 Å². The van der Waals surface area contributed by atoms with Crippen molar-refractivity contribution in [3.8, 4) is 17.0 Å². The van der Waals surface area contributed by atoms with Gasteiger partial charge in [-0.25, -0.2) is 9.36 Å². The van der Waals surface area contributed by atoms with E-state index in [2.05, 4.69) is 16.3 Å². The van der Waals surface area contributed by atoms with E-state index in [1.807, 2.05) is 79.0 Å². The standard InChI is InChI=1S/C27H33N3O4/c1-16(2)33-20-8-9-22-18(12-20)13-23(30(22)26(32)34-27(3,4)5)21-11-17(15-29(6)7)10-19-14-28-25(31)24(19)21/h8-13,16H,14-15H2,1-7H3,(H,28,31). The van der Waals surface area contributed by atoms with Gasteiger partial charge < -0.3 is 19.7 Å². The molecular weight excluding hydrogens is 430 g/mol. The fraction of sp³-hybridized carbons (Fsp3) is 0.407. The summed E-state index contributed by atoms with van der Waals surface area (Å²) < 4.78 is 13.2. The molecule has 0 saturated heterocycles. The lowest BCUT2D eigenvalue weighted by atomic mass is 9.96. The van der Waals surface area contributed by atoms with Gasteiger partial charge in [0.25, 0.3) is 5.91 Å². The van der Waals surface area contributed by atoms with Crippen LogP contribution in [0.3, 0.4) is 0 Å². The summed E-state index contributed by atoms with van der Waals surface area (Å²) in [5.41, 5.74) is 3.98. The van der Waals surface area contributed by atoms with E-state index in [0.29, 0.717) is 29.9 Å². The number of hydrogen-bond acceptors (Lipinski definition) is 5. The summed E-state index contributed by atoms with van der Waals surface area (Å²) in [5.74, 6) is 0.589. The maximum absolute atomic E-state index is 13.4. The molecule has 180 valence electrons. The molecule has 1 N–H and O–H groups in total. The zero-order chi connectivity index (χ0) is 24.8. The smallest absolute Gasteiger partial charge is 0.419 e. The van der Waals surface area contributed by atoms with Gasteiger partial charge in [0, 0.05) is 24.0 Å². The summed E-state index contributed by atoms with van der Waals surface area (Å²) in [7, 11) is 4.01. The van der Waals surface area contributed by atoms with Gasteiger partial charge in [0.15, 0.2) is 0 Å². The summed E-state index contributed by atoms with van der Waals surface area (Å²) in [4.78, 5) is 28.3. The van der Waals surface area contributed by atoms with Crippen LogP contribution < -0.4 is 10.1 Å². The summed E-state index contributed by atoms with van der Waals surface area (Å²) in [5, 5.41) is 3.77. The zero-order valence-corrected chi connectivity index (χ0v) is 21.0. The van der Waals surface area contributed by atoms with Gasteiger partial charge in [0.1, 0.15) is 11.4 Å². The van der Waals surface area contributed by atoms with E-state index < -0.39 is 11.7 Å². The number of nitrogens with zero attached hydrogens (tertiary/aromatic N) is 2. The molecule has 1 aromatic heterocycles. The van der Waals surface area contributed by atoms with Crippen LogP contribution >= 0.6 is 0 Å². The van der Waals surface area contributed by atoms with E-state index in [-0.39, 0.29) is 12.0 Å². The van der Waals surface area contributed by atoms with Crippen LogP contribution in [-0.4, -0.2) is 47.3 Å². The average Bonchev–Trinajstić information content (AvgIpc) is 3.25. The van der Waals surface area contributed by atoms with Crippen LogP contribution in [0.1, 0.15) is 56.1 Å². The monoisotopic (exact) mass is 463 g/mol. The molecule has 0 spiro atoms. The Hall–Kier alpha value is -3.32. The van der Waals surface area contributed by atoms with Crippen LogP contribution in [0.4, 0.5) is 4.79 Å². The minimum absolute atomic E-state index is 0.0274. The molecule has 34 heavy (non-hydrogen) atoms. The van der Waals surface area contributed by atoms with Crippen LogP contribution in [0.5, 0.6) is 5.75 Å². The molecule has 1 aliphatic heterocycles. The highest BCUT2D eigenvalue weighted by Gasteiger charge is 2.29. The Labute approximate surface area is 200 Å². The van der Waals surface area contributed by atoms with Crippen molar-refractivity contribution in [2.75, 3.05) is 14.1 Å². The number of nitrogens with one attached hydrogen (secondary N) is 1. The number of fused-ring (bicyclic) bond motifs is 2. The van der Waals surface area contributed by atoms with Crippen molar-refractivity contribution in [1.82, 2.24) is 14.8 Å². The second-order valence-electron chi connectivity index (χ2n) is 10.3. The van der Waals surface area contributed by atoms with Crippen LogP contribution in [-0.2, 0) is 17.8 Å². The lowest BCUT2D eigenvalue weighted by Gasteiger charge is -2.21. The van der Waals surface area contributed by atoms with Crippen molar-refractivity contribution in [2.45, 2.75) is 59.4 Å². The molecule has 1 aliphatic rings. The lowest BCUT2D eigenvalue weighted by Crippen LogP contribution is -2.27. The fourth-order valence-corrected chi connectivity index (χ4v) is 4.34. The SMILES string of the molecule is CC(C)Oc1ccc2c(c1)cc(-c1cc(CN(C)C)cc3c1C(=O)NC3)n2C(=O)OC(C)(C)C. The predicted molar refractivity (Wildman–Crippen MR) is 133 cm³/mol. The molecule has 4 rings (SSSR count). The first-order chi connectivity index (χ1) is 15.9. The minimum atomic E-state index is -0.669. The maximum atomic E-state index is 13.4. The highest BCUT2D eigenvalue weighted by atomic mass is 16.6. The summed E-state index contributed by atoms with van der Waals surface area (Å²) in [6.07, 6.45) is -0.459. The van der Waals surface area contributed by atoms with Crippen molar-refractivity contribution in [1.29, 1.82) is 0 Å². The molecule has 2 heterocycles. The molecule has 7 nitrogen and oxygen atoms in total. The van der Waals surface area contributed by atoms with Crippen LogP contribution in [0.25, 0.3) is 22.2 Å². The number of ether oxygens (including phenoxy) is 2. The maximum Gasteiger partial charge on any atom is 0.419 e. The van der Waals surface area contributed by atoms with Gasteiger partial charge in [0.05, 0.1) is 22.9 Å². The van der Waals surface area contributed by atoms with Gasteiger partial charge in [-0.1, -0.05) is 6.07 Å². The third-order valence-electron chi connectivity index (χ3n) is 5.44. The second kappa shape index (κ2) is 8.80. The summed E-state index contributed by atoms with van der Waals surface area (Å²) >= 11 is 0. The first-order valence-electron chi connectivity index (χ1n) is 11.6. The zero-order valence-electron chi connectivity index (χ0n) is 21.0. The molecule has 0 atom stereocenters. The molecule has 2 aromatic carbocycles. The lowest BCUT2D eigenvalue weighted by molar-refractivity contribution is 0.0546. The molecule has 7 heteroatoms. The van der Waals surface area contributed by atoms with Gasteiger partial charge in [0.2, 0.25) is 0 Å². The third kappa shape index (κ3) is 4.80. The number of carbonyl (C=O) groups is 2. The van der Waals surface area contributed by atoms with Crippen molar-refractivity contribution in [3.63, 3.8) is 0 Å². The van der Waals surface area contributed by atoms with Crippen molar-refractivity contribution in [3.05, 3.63) is 53.1 Å². The summed E-state index contributed by atoms with van der Waals surface area (Å²) in [6.45, 7) is 10.7. The van der Waals surface area contributed by atoms with Gasteiger partial charge in [-0.15, -0.1) is 0 Å². The molecule has 0 radical (unpaired) electrons. The average molecular weight is 464 g/mol. The van der Waals surface area contributed by atoms with Crippen molar-refractivity contribution in [2.24, 2.45) is 0 Å². The molecule has 0 aliphatic carbocycles. The first kappa shape index (κ1) is 23.8. The third-order valence-corrected chi connectivity index (χ3v) is 5.44. The minimum Gasteiger partial charge on any atom is -0.491 e. The normalized spacial score (nSPS) is 13.5. The number of hydrogen-bond donors (Lipinski definition) is 1. The number of benzene rings is 2. The number of aromatic nitrogens is 1. The second-order valence-corrected chi connectivity index (χ2v) is 10.3. The van der Waals surface area contributed by atoms with Crippen LogP contribution in [0, 0.1) is 0 Å². The van der Waals surface area contributed by atoms with Crippen LogP contribution in [0.15, 0.2) is 36.4 Å². The number of amides is 1. The quantitative estimate of drug-likeness (QED) is 0.564. The Balaban J connectivity index is 1.97. The van der Waals surface area contributed by atoms with Crippen molar-refractivity contribution >= 4 is 22.9 Å². The Morgan fingerprint density at radius 1 is 1.15 bits per heavy atom. The van der Waals surface area contributed by atoms with Gasteiger partial charge in [-0.2, -0.15) is 0 Å². The van der Waals surface area contributed by atoms with Crippen LogP contribution in [0.2, 0.25) is 0 Å². The van der Waals surface area contributed by atoms with E-state index >= 15 is 0 Å².